The van der Waals surface area contributed by atoms with Crippen molar-refractivity contribution in [2.45, 2.75) is 6.61 Å². The maximum absolute atomic E-state index is 10.2. The molecule has 0 N–H and O–H groups in total. The minimum absolute atomic E-state index is 0.235. The first-order valence-corrected chi connectivity index (χ1v) is 14.7. The average Bonchev–Trinajstić information content (AvgIpc) is 3.38. The van der Waals surface area contributed by atoms with E-state index in [1.54, 1.807) is 20.4 Å². The summed E-state index contributed by atoms with van der Waals surface area (Å²) in [6.07, 6.45) is 1.71. The van der Waals surface area contributed by atoms with Crippen molar-refractivity contribution in [3.05, 3.63) is 115 Å². The molecule has 4 aromatic carbocycles. The predicted octanol–water partition coefficient (Wildman–Crippen LogP) is 9.04. The molecule has 0 radical (unpaired) electrons. The Kier molecular flexibility index (Phi) is 9.26. The van der Waals surface area contributed by atoms with E-state index in [0.29, 0.717) is 23.5 Å². The van der Waals surface area contributed by atoms with Crippen molar-refractivity contribution < 1.29 is 18.6 Å². The summed E-state index contributed by atoms with van der Waals surface area (Å²) >= 11 is 4.54. The summed E-state index contributed by atoms with van der Waals surface area (Å²) in [6, 6.07) is 31.4. The number of hydrogen-bond acceptors (Lipinski definition) is 6. The molecule has 0 unspecified atom stereocenters. The number of nitriles is 1. The molecular formula is C33H24I2N2O4. The van der Waals surface area contributed by atoms with Crippen molar-refractivity contribution in [1.29, 1.82) is 5.26 Å². The summed E-state index contributed by atoms with van der Waals surface area (Å²) in [6.45, 7) is 0.487. The van der Waals surface area contributed by atoms with Gasteiger partial charge >= 0.3 is 0 Å². The zero-order valence-electron chi connectivity index (χ0n) is 22.2. The summed E-state index contributed by atoms with van der Waals surface area (Å²) in [7, 11) is 3.24. The Morgan fingerprint density at radius 3 is 1.98 bits per heavy atom. The quantitative estimate of drug-likeness (QED) is 0.111. The Labute approximate surface area is 265 Å². The number of halogens is 2. The molecule has 5 rings (SSSR count). The first-order valence-electron chi connectivity index (χ1n) is 12.6. The Bertz CT molecular complexity index is 1700. The molecule has 0 aliphatic heterocycles. The summed E-state index contributed by atoms with van der Waals surface area (Å²) in [4.78, 5) is 4.64. The molecule has 0 spiro atoms. The van der Waals surface area contributed by atoms with Gasteiger partial charge < -0.3 is 18.6 Å². The third kappa shape index (κ3) is 6.57. The molecule has 0 fully saturated rings. The van der Waals surface area contributed by atoms with E-state index in [1.165, 1.54) is 0 Å². The smallest absolute Gasteiger partial charge is 0.238 e. The molecular weight excluding hydrogens is 742 g/mol. The van der Waals surface area contributed by atoms with Crippen molar-refractivity contribution in [2.24, 2.45) is 4.99 Å². The summed E-state index contributed by atoms with van der Waals surface area (Å²) in [5.41, 5.74) is 4.61. The number of benzene rings is 4. The summed E-state index contributed by atoms with van der Waals surface area (Å²) in [5, 5.41) is 10.2. The van der Waals surface area contributed by atoms with Gasteiger partial charge in [0.15, 0.2) is 0 Å². The molecule has 0 aliphatic carbocycles. The number of aliphatic imine (C=N–C) groups is 1. The van der Waals surface area contributed by atoms with Gasteiger partial charge in [0.2, 0.25) is 5.88 Å². The van der Waals surface area contributed by atoms with E-state index in [2.05, 4.69) is 56.2 Å². The molecule has 204 valence electrons. The Balaban J connectivity index is 1.51. The first kappa shape index (κ1) is 28.7. The standard InChI is InChI=1S/C33H24I2N2O4/c1-38-25-12-8-23(9-13-25)30-27(18-36)33(41-31(30)24-10-14-26(39-2)15-11-24)37-19-22-16-28(34)32(29(35)17-22)40-20-21-6-4-3-5-7-21/h3-17,19H,20H2,1-2H3. The van der Waals surface area contributed by atoms with Crippen LogP contribution in [0.15, 0.2) is 100 Å². The van der Waals surface area contributed by atoms with Crippen LogP contribution in [0.1, 0.15) is 16.7 Å². The Hall–Kier alpha value is -3.82. The molecule has 1 heterocycles. The van der Waals surface area contributed by atoms with Gasteiger partial charge in [0.05, 0.1) is 21.4 Å². The fourth-order valence-electron chi connectivity index (χ4n) is 4.25. The van der Waals surface area contributed by atoms with E-state index in [4.69, 9.17) is 18.6 Å². The van der Waals surface area contributed by atoms with Crippen LogP contribution in [0, 0.1) is 18.5 Å². The van der Waals surface area contributed by atoms with Gasteiger partial charge in [-0.1, -0.05) is 42.5 Å². The number of ether oxygens (including phenoxy) is 3. The highest BCUT2D eigenvalue weighted by molar-refractivity contribution is 14.1. The lowest BCUT2D eigenvalue weighted by Gasteiger charge is -2.11. The van der Waals surface area contributed by atoms with E-state index < -0.39 is 0 Å². The molecule has 6 nitrogen and oxygen atoms in total. The molecule has 5 aromatic rings. The third-order valence-electron chi connectivity index (χ3n) is 6.31. The van der Waals surface area contributed by atoms with Gasteiger partial charge in [-0.2, -0.15) is 5.26 Å². The summed E-state index contributed by atoms with van der Waals surface area (Å²) in [5.74, 6) is 3.06. The fraction of sp³-hybridized carbons (Fsp3) is 0.0909. The minimum atomic E-state index is 0.235. The number of rotatable bonds is 9. The Morgan fingerprint density at radius 2 is 1.41 bits per heavy atom. The van der Waals surface area contributed by atoms with E-state index in [9.17, 15) is 5.26 Å². The van der Waals surface area contributed by atoms with Gasteiger partial charge in [-0.25, -0.2) is 4.99 Å². The van der Waals surface area contributed by atoms with Crippen LogP contribution in [0.4, 0.5) is 5.88 Å². The van der Waals surface area contributed by atoms with Crippen LogP contribution in [0.5, 0.6) is 17.2 Å². The minimum Gasteiger partial charge on any atom is -0.497 e. The highest BCUT2D eigenvalue weighted by Gasteiger charge is 2.23. The molecule has 0 atom stereocenters. The van der Waals surface area contributed by atoms with Crippen molar-refractivity contribution >= 4 is 57.3 Å². The topological polar surface area (TPSA) is 77.0 Å². The number of nitrogens with zero attached hydrogens (tertiary/aromatic N) is 2. The average molecular weight is 766 g/mol. The molecule has 41 heavy (non-hydrogen) atoms. The lowest BCUT2D eigenvalue weighted by Crippen LogP contribution is -2.00. The van der Waals surface area contributed by atoms with Crippen LogP contribution in [-0.4, -0.2) is 20.4 Å². The number of methoxy groups -OCH3 is 2. The van der Waals surface area contributed by atoms with E-state index >= 15 is 0 Å². The largest absolute Gasteiger partial charge is 0.497 e. The zero-order valence-corrected chi connectivity index (χ0v) is 26.5. The van der Waals surface area contributed by atoms with Crippen LogP contribution in [0.25, 0.3) is 22.5 Å². The van der Waals surface area contributed by atoms with E-state index in [-0.39, 0.29) is 5.88 Å². The van der Waals surface area contributed by atoms with Gasteiger partial charge in [-0.3, -0.25) is 0 Å². The SMILES string of the molecule is COc1ccc(-c2oc(N=Cc3cc(I)c(OCc4ccccc4)c(I)c3)c(C#N)c2-c2ccc(OC)cc2)cc1. The van der Waals surface area contributed by atoms with Crippen molar-refractivity contribution in [1.82, 2.24) is 0 Å². The van der Waals surface area contributed by atoms with Crippen LogP contribution >= 0.6 is 45.2 Å². The summed E-state index contributed by atoms with van der Waals surface area (Å²) < 4.78 is 25.0. The van der Waals surface area contributed by atoms with Gasteiger partial charge in [0, 0.05) is 17.3 Å². The lowest BCUT2D eigenvalue weighted by atomic mass is 9.98. The second-order valence-electron chi connectivity index (χ2n) is 8.90. The normalized spacial score (nSPS) is 10.9. The van der Waals surface area contributed by atoms with Crippen LogP contribution in [0.2, 0.25) is 0 Å². The molecule has 8 heteroatoms. The Morgan fingerprint density at radius 1 is 0.829 bits per heavy atom. The van der Waals surface area contributed by atoms with E-state index in [0.717, 1.165) is 46.6 Å². The molecule has 0 amide bonds. The maximum atomic E-state index is 10.2. The first-order chi connectivity index (χ1) is 20.0. The number of hydrogen-bond donors (Lipinski definition) is 0. The third-order valence-corrected chi connectivity index (χ3v) is 7.91. The fourth-order valence-corrected chi connectivity index (χ4v) is 6.38. The molecule has 0 saturated carbocycles. The van der Waals surface area contributed by atoms with Gasteiger partial charge in [-0.15, -0.1) is 0 Å². The van der Waals surface area contributed by atoms with E-state index in [1.807, 2.05) is 91.0 Å². The zero-order chi connectivity index (χ0) is 28.8. The molecule has 0 aliphatic rings. The van der Waals surface area contributed by atoms with Crippen molar-refractivity contribution in [3.63, 3.8) is 0 Å². The monoisotopic (exact) mass is 766 g/mol. The second-order valence-corrected chi connectivity index (χ2v) is 11.2. The van der Waals surface area contributed by atoms with Crippen molar-refractivity contribution in [3.8, 4) is 45.8 Å². The highest BCUT2D eigenvalue weighted by atomic mass is 127. The van der Waals surface area contributed by atoms with Crippen molar-refractivity contribution in [2.75, 3.05) is 14.2 Å². The van der Waals surface area contributed by atoms with Crippen LogP contribution in [0.3, 0.4) is 0 Å². The predicted molar refractivity (Wildman–Crippen MR) is 177 cm³/mol. The number of furan rings is 1. The van der Waals surface area contributed by atoms with Gasteiger partial charge in [0.25, 0.3) is 0 Å². The molecule has 1 aromatic heterocycles. The highest BCUT2D eigenvalue weighted by Crippen LogP contribution is 2.43. The molecule has 0 bridgehead atoms. The lowest BCUT2D eigenvalue weighted by molar-refractivity contribution is 0.302. The second kappa shape index (κ2) is 13.2. The van der Waals surface area contributed by atoms with Crippen LogP contribution < -0.4 is 14.2 Å². The van der Waals surface area contributed by atoms with Crippen LogP contribution in [-0.2, 0) is 6.61 Å². The maximum Gasteiger partial charge on any atom is 0.238 e. The molecule has 0 saturated heterocycles. The van der Waals surface area contributed by atoms with Gasteiger partial charge in [0.1, 0.15) is 41.2 Å². The van der Waals surface area contributed by atoms with Gasteiger partial charge in [-0.05, 0) is 110 Å².